The molecule has 21 heavy (non-hydrogen) atoms. The van der Waals surface area contributed by atoms with Crippen molar-refractivity contribution in [1.82, 2.24) is 4.90 Å². The van der Waals surface area contributed by atoms with Crippen molar-refractivity contribution >= 4 is 21.4 Å². The van der Waals surface area contributed by atoms with Crippen LogP contribution >= 0.6 is 0 Å². The van der Waals surface area contributed by atoms with E-state index in [-0.39, 0.29) is 35.7 Å². The zero-order valence-electron chi connectivity index (χ0n) is 11.5. The highest BCUT2D eigenvalue weighted by Crippen LogP contribution is 2.18. The molecule has 1 aromatic carbocycles. The molecule has 0 aromatic heterocycles. The van der Waals surface area contributed by atoms with Gasteiger partial charge in [-0.3, -0.25) is 4.79 Å². The standard InChI is InChI=1S/C13H16F2N2O3S/c1-17(10-4-5-21(19,20)8-10)13(18)7-16-12-6-9(14)2-3-11(12)15/h2-3,6,10,16H,4-5,7-8H2,1H3/t10-/m1/s1. The van der Waals surface area contributed by atoms with Crippen molar-refractivity contribution < 1.29 is 22.0 Å². The molecule has 1 N–H and O–H groups in total. The quantitative estimate of drug-likeness (QED) is 0.900. The average molecular weight is 318 g/mol. The summed E-state index contributed by atoms with van der Waals surface area (Å²) in [6.07, 6.45) is 0.402. The number of rotatable bonds is 4. The van der Waals surface area contributed by atoms with E-state index in [0.717, 1.165) is 18.2 Å². The molecule has 0 radical (unpaired) electrons. The number of nitrogens with zero attached hydrogens (tertiary/aromatic N) is 1. The second kappa shape index (κ2) is 5.97. The first-order chi connectivity index (χ1) is 9.78. The number of anilines is 1. The molecule has 1 heterocycles. The summed E-state index contributed by atoms with van der Waals surface area (Å²) in [5.74, 6) is -1.62. The van der Waals surface area contributed by atoms with E-state index >= 15 is 0 Å². The number of halogens is 2. The maximum atomic E-state index is 13.4. The van der Waals surface area contributed by atoms with E-state index < -0.39 is 21.5 Å². The Balaban J connectivity index is 1.94. The summed E-state index contributed by atoms with van der Waals surface area (Å²) in [7, 11) is -1.57. The summed E-state index contributed by atoms with van der Waals surface area (Å²) in [6, 6.07) is 2.55. The third kappa shape index (κ3) is 3.90. The van der Waals surface area contributed by atoms with E-state index in [9.17, 15) is 22.0 Å². The third-order valence-corrected chi connectivity index (χ3v) is 5.26. The van der Waals surface area contributed by atoms with Crippen LogP contribution in [0.25, 0.3) is 0 Å². The summed E-state index contributed by atoms with van der Waals surface area (Å²) in [5.41, 5.74) is -0.101. The van der Waals surface area contributed by atoms with Gasteiger partial charge in [-0.15, -0.1) is 0 Å². The minimum Gasteiger partial charge on any atom is -0.374 e. The fourth-order valence-corrected chi connectivity index (χ4v) is 3.99. The van der Waals surface area contributed by atoms with Gasteiger partial charge in [0.25, 0.3) is 0 Å². The van der Waals surface area contributed by atoms with Gasteiger partial charge in [0.2, 0.25) is 5.91 Å². The van der Waals surface area contributed by atoms with Gasteiger partial charge >= 0.3 is 0 Å². The lowest BCUT2D eigenvalue weighted by molar-refractivity contribution is -0.129. The average Bonchev–Trinajstić information content (AvgIpc) is 2.79. The predicted octanol–water partition coefficient (Wildman–Crippen LogP) is 1.02. The van der Waals surface area contributed by atoms with E-state index in [2.05, 4.69) is 5.32 Å². The topological polar surface area (TPSA) is 66.5 Å². The van der Waals surface area contributed by atoms with E-state index in [1.54, 1.807) is 0 Å². The minimum atomic E-state index is -3.08. The number of carbonyl (C=O) groups is 1. The molecule has 1 aliphatic rings. The van der Waals surface area contributed by atoms with E-state index in [1.165, 1.54) is 11.9 Å². The molecule has 2 rings (SSSR count). The van der Waals surface area contributed by atoms with Crippen LogP contribution < -0.4 is 5.32 Å². The van der Waals surface area contributed by atoms with Crippen molar-refractivity contribution in [3.63, 3.8) is 0 Å². The second-order valence-electron chi connectivity index (χ2n) is 5.04. The summed E-state index contributed by atoms with van der Waals surface area (Å²) in [5, 5.41) is 2.52. The molecule has 116 valence electrons. The van der Waals surface area contributed by atoms with Gasteiger partial charge in [0, 0.05) is 13.1 Å². The predicted molar refractivity (Wildman–Crippen MR) is 74.7 cm³/mol. The lowest BCUT2D eigenvalue weighted by Crippen LogP contribution is -2.41. The van der Waals surface area contributed by atoms with Crippen LogP contribution in [-0.2, 0) is 14.6 Å². The zero-order valence-corrected chi connectivity index (χ0v) is 12.3. The molecule has 5 nitrogen and oxygen atoms in total. The Labute approximate surface area is 121 Å². The summed E-state index contributed by atoms with van der Waals surface area (Å²) < 4.78 is 49.2. The molecular formula is C13H16F2N2O3S. The van der Waals surface area contributed by atoms with Crippen molar-refractivity contribution in [2.45, 2.75) is 12.5 Å². The monoisotopic (exact) mass is 318 g/mol. The molecule has 0 unspecified atom stereocenters. The number of hydrogen-bond donors (Lipinski definition) is 1. The van der Waals surface area contributed by atoms with Crippen molar-refractivity contribution in [3.05, 3.63) is 29.8 Å². The summed E-state index contributed by atoms with van der Waals surface area (Å²) in [4.78, 5) is 13.3. The second-order valence-corrected chi connectivity index (χ2v) is 7.27. The SMILES string of the molecule is CN(C(=O)CNc1cc(F)ccc1F)[C@@H]1CCS(=O)(=O)C1. The van der Waals surface area contributed by atoms with Crippen LogP contribution in [0.15, 0.2) is 18.2 Å². The van der Waals surface area contributed by atoms with Crippen LogP contribution in [0.5, 0.6) is 0 Å². The van der Waals surface area contributed by atoms with E-state index in [4.69, 9.17) is 0 Å². The lowest BCUT2D eigenvalue weighted by atomic mass is 10.2. The number of carbonyl (C=O) groups excluding carboxylic acids is 1. The number of nitrogens with one attached hydrogen (secondary N) is 1. The van der Waals surface area contributed by atoms with Crippen molar-refractivity contribution in [2.24, 2.45) is 0 Å². The van der Waals surface area contributed by atoms with Crippen LogP contribution in [0.4, 0.5) is 14.5 Å². The molecule has 0 bridgehead atoms. The Morgan fingerprint density at radius 2 is 2.14 bits per heavy atom. The highest BCUT2D eigenvalue weighted by Gasteiger charge is 2.32. The van der Waals surface area contributed by atoms with Crippen LogP contribution in [0.3, 0.4) is 0 Å². The normalized spacial score (nSPS) is 20.2. The number of amides is 1. The van der Waals surface area contributed by atoms with Gasteiger partial charge in [-0.2, -0.15) is 0 Å². The molecular weight excluding hydrogens is 302 g/mol. The Bertz CT molecular complexity index is 649. The molecule has 0 aliphatic carbocycles. The Morgan fingerprint density at radius 3 is 2.76 bits per heavy atom. The number of likely N-dealkylation sites (N-methyl/N-ethyl adjacent to an activating group) is 1. The lowest BCUT2D eigenvalue weighted by Gasteiger charge is -2.23. The van der Waals surface area contributed by atoms with E-state index in [0.29, 0.717) is 6.42 Å². The highest BCUT2D eigenvalue weighted by atomic mass is 32.2. The van der Waals surface area contributed by atoms with Gasteiger partial charge in [-0.1, -0.05) is 0 Å². The molecule has 0 spiro atoms. The third-order valence-electron chi connectivity index (χ3n) is 3.51. The van der Waals surface area contributed by atoms with Crippen LogP contribution in [0, 0.1) is 11.6 Å². The van der Waals surface area contributed by atoms with Gasteiger partial charge < -0.3 is 10.2 Å². The van der Waals surface area contributed by atoms with Gasteiger partial charge in [-0.25, -0.2) is 17.2 Å². The maximum Gasteiger partial charge on any atom is 0.241 e. The van der Waals surface area contributed by atoms with Crippen LogP contribution in [0.2, 0.25) is 0 Å². The molecule has 1 atom stereocenters. The molecule has 1 saturated heterocycles. The van der Waals surface area contributed by atoms with Crippen molar-refractivity contribution in [2.75, 3.05) is 30.4 Å². The molecule has 1 amide bonds. The number of benzene rings is 1. The van der Waals surface area contributed by atoms with E-state index in [1.807, 2.05) is 0 Å². The van der Waals surface area contributed by atoms with Gasteiger partial charge in [0.15, 0.2) is 9.84 Å². The smallest absolute Gasteiger partial charge is 0.241 e. The molecule has 0 saturated carbocycles. The first-order valence-corrected chi connectivity index (χ1v) is 8.25. The molecule has 8 heteroatoms. The van der Waals surface area contributed by atoms with Crippen LogP contribution in [0.1, 0.15) is 6.42 Å². The Hall–Kier alpha value is -1.70. The van der Waals surface area contributed by atoms with Gasteiger partial charge in [-0.05, 0) is 24.6 Å². The fraction of sp³-hybridized carbons (Fsp3) is 0.462. The maximum absolute atomic E-state index is 13.4. The number of sulfone groups is 1. The zero-order chi connectivity index (χ0) is 15.6. The van der Waals surface area contributed by atoms with Gasteiger partial charge in [0.1, 0.15) is 11.6 Å². The van der Waals surface area contributed by atoms with Crippen LogP contribution in [-0.4, -0.2) is 50.4 Å². The van der Waals surface area contributed by atoms with Crippen molar-refractivity contribution in [1.29, 1.82) is 0 Å². The van der Waals surface area contributed by atoms with Crippen molar-refractivity contribution in [3.8, 4) is 0 Å². The Kier molecular flexibility index (Phi) is 4.46. The Morgan fingerprint density at radius 1 is 1.43 bits per heavy atom. The minimum absolute atomic E-state index is 0.0520. The largest absolute Gasteiger partial charge is 0.374 e. The molecule has 1 aliphatic heterocycles. The van der Waals surface area contributed by atoms with Gasteiger partial charge in [0.05, 0.1) is 23.7 Å². The number of hydrogen-bond acceptors (Lipinski definition) is 4. The first kappa shape index (κ1) is 15.7. The highest BCUT2D eigenvalue weighted by molar-refractivity contribution is 7.91. The summed E-state index contributed by atoms with van der Waals surface area (Å²) in [6.45, 7) is -0.229. The fourth-order valence-electron chi connectivity index (χ4n) is 2.21. The summed E-state index contributed by atoms with van der Waals surface area (Å²) >= 11 is 0. The molecule has 1 aromatic rings. The molecule has 1 fully saturated rings. The first-order valence-electron chi connectivity index (χ1n) is 6.43.